The van der Waals surface area contributed by atoms with Crippen LogP contribution in [-0.4, -0.2) is 4.21 Å². The van der Waals surface area contributed by atoms with Crippen molar-refractivity contribution in [1.29, 1.82) is 0 Å². The minimum absolute atomic E-state index is 0.0373. The maximum atomic E-state index is 6.53. The van der Waals surface area contributed by atoms with Crippen molar-refractivity contribution in [2.75, 3.05) is 0 Å². The molecule has 4 aromatic carbocycles. The summed E-state index contributed by atoms with van der Waals surface area (Å²) in [5.74, 6) is 0. The molecule has 0 fully saturated rings. The van der Waals surface area contributed by atoms with Crippen molar-refractivity contribution in [3.63, 3.8) is 0 Å². The third-order valence-electron chi connectivity index (χ3n) is 9.79. The summed E-state index contributed by atoms with van der Waals surface area (Å²) >= 11 is 8.22. The van der Waals surface area contributed by atoms with E-state index in [-0.39, 0.29) is 10.8 Å². The van der Waals surface area contributed by atoms with Crippen molar-refractivity contribution in [3.05, 3.63) is 133 Å². The van der Waals surface area contributed by atoms with Crippen LogP contribution in [0.2, 0.25) is 10.0 Å². The molecule has 6 rings (SSSR count). The molecule has 0 aliphatic heterocycles. The average molecular weight is 671 g/mol. The SMILES string of the molecule is [CH2]=[Zr]([C]1=CC=CC1)([c]1ccc(Cl)cc1)([c]1ccc(Cl)cc1)[c]1cc(C(C)(C)C)cc2c1Cc1ccc(C(C)(C)C)cc1-2. The molecule has 0 spiro atoms. The molecular formula is C39H40Cl2Zr. The number of allylic oxidation sites excluding steroid dienone is 4. The molecule has 0 amide bonds. The molecule has 0 N–H and O–H groups in total. The van der Waals surface area contributed by atoms with E-state index >= 15 is 0 Å². The Kier molecular flexibility index (Phi) is 7.17. The van der Waals surface area contributed by atoms with Crippen LogP contribution in [0.25, 0.3) is 11.1 Å². The zero-order valence-electron chi connectivity index (χ0n) is 25.6. The van der Waals surface area contributed by atoms with Gasteiger partial charge < -0.3 is 0 Å². The summed E-state index contributed by atoms with van der Waals surface area (Å²) < 4.78 is 11.1. The van der Waals surface area contributed by atoms with Gasteiger partial charge in [0, 0.05) is 0 Å². The molecule has 0 saturated carbocycles. The number of benzene rings is 4. The van der Waals surface area contributed by atoms with Crippen molar-refractivity contribution in [1.82, 2.24) is 0 Å². The fraction of sp³-hybridized carbons (Fsp3) is 0.256. The molecular weight excluding hydrogens is 631 g/mol. The second-order valence-corrected chi connectivity index (χ2v) is 28.2. The topological polar surface area (TPSA) is 0 Å². The molecule has 2 aliphatic carbocycles. The Morgan fingerprint density at radius 2 is 1.21 bits per heavy atom. The molecule has 0 radical (unpaired) electrons. The Morgan fingerprint density at radius 3 is 1.71 bits per heavy atom. The molecule has 0 heterocycles. The maximum absolute atomic E-state index is 6.53. The minimum atomic E-state index is -4.84. The van der Waals surface area contributed by atoms with Crippen LogP contribution in [0.4, 0.5) is 0 Å². The summed E-state index contributed by atoms with van der Waals surface area (Å²) in [4.78, 5) is 0. The van der Waals surface area contributed by atoms with E-state index in [4.69, 9.17) is 27.4 Å². The number of halogens is 2. The van der Waals surface area contributed by atoms with Gasteiger partial charge in [-0.25, -0.2) is 0 Å². The summed E-state index contributed by atoms with van der Waals surface area (Å²) in [5.41, 5.74) is 8.34. The summed E-state index contributed by atoms with van der Waals surface area (Å²) in [7, 11) is 0. The number of rotatable bonds is 4. The van der Waals surface area contributed by atoms with Gasteiger partial charge in [-0.2, -0.15) is 0 Å². The van der Waals surface area contributed by atoms with Crippen LogP contribution in [-0.2, 0) is 35.5 Å². The Bertz CT molecular complexity index is 1790. The van der Waals surface area contributed by atoms with Crippen LogP contribution in [0.15, 0.2) is 100 Å². The van der Waals surface area contributed by atoms with Gasteiger partial charge >= 0.3 is 265 Å². The molecule has 0 bridgehead atoms. The molecule has 214 valence electrons. The summed E-state index contributed by atoms with van der Waals surface area (Å²) in [5, 5.41) is 1.49. The molecule has 2 aliphatic rings. The van der Waals surface area contributed by atoms with E-state index in [1.165, 1.54) is 46.5 Å². The van der Waals surface area contributed by atoms with E-state index in [0.717, 1.165) is 22.9 Å². The van der Waals surface area contributed by atoms with Gasteiger partial charge in [0.2, 0.25) is 0 Å². The first-order chi connectivity index (χ1) is 19.7. The third kappa shape index (κ3) is 4.54. The number of hydrogen-bond acceptors (Lipinski definition) is 0. The number of fused-ring (bicyclic) bond motifs is 3. The van der Waals surface area contributed by atoms with Gasteiger partial charge in [0.05, 0.1) is 0 Å². The van der Waals surface area contributed by atoms with E-state index in [1.54, 1.807) is 0 Å². The third-order valence-corrected chi connectivity index (χ3v) is 26.6. The predicted molar refractivity (Wildman–Crippen MR) is 183 cm³/mol. The first kappa shape index (κ1) is 29.8. The Balaban J connectivity index is 1.81. The molecule has 0 atom stereocenters. The molecule has 0 nitrogen and oxygen atoms in total. The van der Waals surface area contributed by atoms with E-state index in [1.807, 2.05) is 24.3 Å². The van der Waals surface area contributed by atoms with Gasteiger partial charge in [-0.3, -0.25) is 0 Å². The van der Waals surface area contributed by atoms with E-state index in [0.29, 0.717) is 0 Å². The molecule has 4 aromatic rings. The molecule has 3 heteroatoms. The summed E-state index contributed by atoms with van der Waals surface area (Å²) in [6.07, 6.45) is 8.68. The summed E-state index contributed by atoms with van der Waals surface area (Å²) in [6.45, 7) is 13.9. The van der Waals surface area contributed by atoms with Crippen LogP contribution in [0.5, 0.6) is 0 Å². The summed E-state index contributed by atoms with van der Waals surface area (Å²) in [6, 6.07) is 29.4. The van der Waals surface area contributed by atoms with E-state index < -0.39 is 18.3 Å². The fourth-order valence-corrected chi connectivity index (χ4v) is 22.8. The van der Waals surface area contributed by atoms with Gasteiger partial charge in [-0.15, -0.1) is 0 Å². The van der Waals surface area contributed by atoms with Gasteiger partial charge in [0.15, 0.2) is 0 Å². The second kappa shape index (κ2) is 10.1. The first-order valence-corrected chi connectivity index (χ1v) is 22.4. The molecule has 0 aromatic heterocycles. The monoisotopic (exact) mass is 668 g/mol. The van der Waals surface area contributed by atoms with Gasteiger partial charge in [0.1, 0.15) is 0 Å². The van der Waals surface area contributed by atoms with E-state index in [9.17, 15) is 0 Å². The van der Waals surface area contributed by atoms with Gasteiger partial charge in [-0.1, -0.05) is 0 Å². The Labute approximate surface area is 262 Å². The zero-order valence-corrected chi connectivity index (χ0v) is 29.6. The van der Waals surface area contributed by atoms with Crippen molar-refractivity contribution < 1.29 is 18.3 Å². The molecule has 42 heavy (non-hydrogen) atoms. The average Bonchev–Trinajstić information content (AvgIpc) is 3.61. The van der Waals surface area contributed by atoms with Crippen molar-refractivity contribution in [3.8, 4) is 11.1 Å². The second-order valence-electron chi connectivity index (χ2n) is 14.4. The van der Waals surface area contributed by atoms with Crippen LogP contribution in [0, 0.1) is 0 Å². The molecule has 0 unspecified atom stereocenters. The first-order valence-electron chi connectivity index (χ1n) is 14.9. The van der Waals surface area contributed by atoms with Crippen molar-refractivity contribution in [2.45, 2.75) is 65.2 Å². The standard InChI is InChI=1S/C21H25.2C6H4Cl.C5H5.CH2.Zr/c1-20(2,3)16-9-7-14-11-15-8-10-17(21(4,5)6)13-19(15)18(14)12-16;2*7-6-4-2-1-3-5-6;1-2-4-5-3-1;;/h7,9-10,12-13H,11H2,1-6H3;2*2-5H;1-3H,4H2;1H2;. The van der Waals surface area contributed by atoms with Crippen molar-refractivity contribution in [2.24, 2.45) is 0 Å². The van der Waals surface area contributed by atoms with E-state index in [2.05, 4.69) is 114 Å². The molecule has 0 saturated heterocycles. The van der Waals surface area contributed by atoms with Crippen LogP contribution in [0.3, 0.4) is 0 Å². The Morgan fingerprint density at radius 1 is 0.667 bits per heavy atom. The predicted octanol–water partition coefficient (Wildman–Crippen LogP) is 9.40. The zero-order chi connectivity index (χ0) is 30.1. The quantitative estimate of drug-likeness (QED) is 0.179. The normalized spacial score (nSPS) is 15.0. The van der Waals surface area contributed by atoms with Gasteiger partial charge in [-0.05, 0) is 0 Å². The van der Waals surface area contributed by atoms with Crippen LogP contribution >= 0.6 is 23.2 Å². The van der Waals surface area contributed by atoms with Crippen molar-refractivity contribution >= 4 is 37.2 Å². The van der Waals surface area contributed by atoms with Crippen LogP contribution < -0.4 is 9.81 Å². The van der Waals surface area contributed by atoms with Crippen LogP contribution in [0.1, 0.15) is 70.2 Å². The fourth-order valence-electron chi connectivity index (χ4n) is 7.18. The Hall–Kier alpha value is -2.31. The van der Waals surface area contributed by atoms with Gasteiger partial charge in [0.25, 0.3) is 0 Å². The number of hydrogen-bond donors (Lipinski definition) is 0.